The van der Waals surface area contributed by atoms with E-state index in [9.17, 15) is 9.59 Å². The number of carbonyl (C=O) groups is 2. The number of carbonyl (C=O) groups excluding carboxylic acids is 2. The third-order valence-electron chi connectivity index (χ3n) is 4.71. The molecule has 0 radical (unpaired) electrons. The smallest absolute Gasteiger partial charge is 0.351 e. The molecule has 0 N–H and O–H groups in total. The van der Waals surface area contributed by atoms with Gasteiger partial charge in [-0.2, -0.15) is 0 Å². The van der Waals surface area contributed by atoms with Crippen LogP contribution in [0.2, 0.25) is 0 Å². The molecule has 1 atom stereocenters. The molecule has 0 saturated heterocycles. The van der Waals surface area contributed by atoms with Crippen LogP contribution in [-0.4, -0.2) is 49.2 Å². The van der Waals surface area contributed by atoms with Crippen LogP contribution in [0.4, 0.5) is 0 Å². The molecule has 150 valence electrons. The van der Waals surface area contributed by atoms with Gasteiger partial charge < -0.3 is 14.4 Å². The molecule has 2 aromatic rings. The summed E-state index contributed by atoms with van der Waals surface area (Å²) in [5, 5.41) is 0. The molecule has 1 unspecified atom stereocenters. The summed E-state index contributed by atoms with van der Waals surface area (Å²) in [5.74, 6) is -1.03. The largest absolute Gasteiger partial charge is 0.461 e. The first-order valence-corrected chi connectivity index (χ1v) is 9.43. The summed E-state index contributed by atoms with van der Waals surface area (Å²) in [7, 11) is 3.84. The van der Waals surface area contributed by atoms with E-state index in [2.05, 4.69) is 0 Å². The van der Waals surface area contributed by atoms with Crippen molar-refractivity contribution in [2.75, 3.05) is 20.7 Å². The Balaban J connectivity index is 2.36. The molecule has 0 saturated carbocycles. The lowest BCUT2D eigenvalue weighted by atomic mass is 9.87. The molecule has 0 fully saturated rings. The average Bonchev–Trinajstić information content (AvgIpc) is 2.66. The van der Waals surface area contributed by atoms with Gasteiger partial charge in [0.25, 0.3) is 0 Å². The minimum Gasteiger partial charge on any atom is -0.461 e. The van der Waals surface area contributed by atoms with Crippen LogP contribution in [0.1, 0.15) is 25.0 Å². The van der Waals surface area contributed by atoms with Crippen molar-refractivity contribution in [3.05, 3.63) is 71.8 Å². The highest BCUT2D eigenvalue weighted by Gasteiger charge is 2.44. The second kappa shape index (κ2) is 10.0. The minimum atomic E-state index is -1.42. The number of likely N-dealkylation sites (N-methyl/N-ethyl adjacent to an activating group) is 1. The average molecular weight is 383 g/mol. The monoisotopic (exact) mass is 383 g/mol. The SMILES string of the molecule is CC(=O)OC(Cc1ccccc1)(Cc1ccccc1)C(=O)OCC(C)N(C)C. The Labute approximate surface area is 167 Å². The number of esters is 2. The Morgan fingerprint density at radius 2 is 1.39 bits per heavy atom. The lowest BCUT2D eigenvalue weighted by Crippen LogP contribution is -2.49. The van der Waals surface area contributed by atoms with Crippen LogP contribution in [0.5, 0.6) is 0 Å². The summed E-state index contributed by atoms with van der Waals surface area (Å²) < 4.78 is 11.3. The van der Waals surface area contributed by atoms with E-state index in [4.69, 9.17) is 9.47 Å². The molecule has 2 aromatic carbocycles. The van der Waals surface area contributed by atoms with Gasteiger partial charge in [0.15, 0.2) is 0 Å². The maximum absolute atomic E-state index is 13.2. The zero-order valence-electron chi connectivity index (χ0n) is 17.1. The highest BCUT2D eigenvalue weighted by molar-refractivity contribution is 5.84. The first-order chi connectivity index (χ1) is 13.3. The Kier molecular flexibility index (Phi) is 7.76. The van der Waals surface area contributed by atoms with Gasteiger partial charge in [-0.15, -0.1) is 0 Å². The Morgan fingerprint density at radius 1 is 0.929 bits per heavy atom. The van der Waals surface area contributed by atoms with Crippen LogP contribution in [0.25, 0.3) is 0 Å². The standard InChI is InChI=1S/C23H29NO4/c1-18(24(3)4)17-27-22(26)23(28-19(2)25,15-20-11-7-5-8-12-20)16-21-13-9-6-10-14-21/h5-14,18H,15-17H2,1-4H3. The normalized spacial score (nSPS) is 12.5. The van der Waals surface area contributed by atoms with Crippen LogP contribution in [-0.2, 0) is 31.9 Å². The molecule has 0 aromatic heterocycles. The Bertz CT molecular complexity index is 717. The van der Waals surface area contributed by atoms with E-state index < -0.39 is 17.5 Å². The molecule has 5 nitrogen and oxygen atoms in total. The third kappa shape index (κ3) is 6.20. The zero-order chi connectivity index (χ0) is 20.6. The molecular weight excluding hydrogens is 354 g/mol. The molecule has 0 amide bonds. The third-order valence-corrected chi connectivity index (χ3v) is 4.71. The summed E-state index contributed by atoms with van der Waals surface area (Å²) in [4.78, 5) is 27.1. The van der Waals surface area contributed by atoms with Crippen molar-refractivity contribution in [3.63, 3.8) is 0 Å². The Hall–Kier alpha value is -2.66. The fourth-order valence-corrected chi connectivity index (χ4v) is 2.92. The quantitative estimate of drug-likeness (QED) is 0.622. The number of benzene rings is 2. The van der Waals surface area contributed by atoms with E-state index >= 15 is 0 Å². The topological polar surface area (TPSA) is 55.8 Å². The van der Waals surface area contributed by atoms with Crippen molar-refractivity contribution in [2.24, 2.45) is 0 Å². The molecule has 0 aliphatic carbocycles. The van der Waals surface area contributed by atoms with E-state index in [1.54, 1.807) is 0 Å². The molecular formula is C23H29NO4. The number of hydrogen-bond acceptors (Lipinski definition) is 5. The highest BCUT2D eigenvalue weighted by atomic mass is 16.6. The number of nitrogens with zero attached hydrogens (tertiary/aromatic N) is 1. The number of hydrogen-bond donors (Lipinski definition) is 0. The van der Waals surface area contributed by atoms with Crippen molar-refractivity contribution in [2.45, 2.75) is 38.3 Å². The van der Waals surface area contributed by atoms with E-state index in [1.807, 2.05) is 86.6 Å². The first-order valence-electron chi connectivity index (χ1n) is 9.43. The molecule has 0 bridgehead atoms. The first kappa shape index (κ1) is 21.6. The van der Waals surface area contributed by atoms with Crippen LogP contribution in [0, 0.1) is 0 Å². The predicted molar refractivity (Wildman–Crippen MR) is 109 cm³/mol. The second-order valence-corrected chi connectivity index (χ2v) is 7.32. The maximum Gasteiger partial charge on any atom is 0.351 e. The van der Waals surface area contributed by atoms with Crippen molar-refractivity contribution in [1.29, 1.82) is 0 Å². The van der Waals surface area contributed by atoms with Gasteiger partial charge in [-0.1, -0.05) is 60.7 Å². The van der Waals surface area contributed by atoms with Gasteiger partial charge in [-0.3, -0.25) is 4.79 Å². The summed E-state index contributed by atoms with van der Waals surface area (Å²) >= 11 is 0. The van der Waals surface area contributed by atoms with Crippen molar-refractivity contribution in [1.82, 2.24) is 4.90 Å². The molecule has 0 heterocycles. The summed E-state index contributed by atoms with van der Waals surface area (Å²) in [6.45, 7) is 3.51. The van der Waals surface area contributed by atoms with Gasteiger partial charge in [0.2, 0.25) is 5.60 Å². The minimum absolute atomic E-state index is 0.0485. The van der Waals surface area contributed by atoms with E-state index in [1.165, 1.54) is 6.92 Å². The van der Waals surface area contributed by atoms with Crippen molar-refractivity contribution >= 4 is 11.9 Å². The lowest BCUT2D eigenvalue weighted by molar-refractivity contribution is -0.182. The number of rotatable bonds is 9. The molecule has 28 heavy (non-hydrogen) atoms. The van der Waals surface area contributed by atoms with Gasteiger partial charge in [0.1, 0.15) is 6.61 Å². The summed E-state index contributed by atoms with van der Waals surface area (Å²) in [6.07, 6.45) is 0.495. The van der Waals surface area contributed by atoms with Crippen LogP contribution >= 0.6 is 0 Å². The molecule has 0 aliphatic heterocycles. The van der Waals surface area contributed by atoms with Crippen molar-refractivity contribution < 1.29 is 19.1 Å². The fourth-order valence-electron chi connectivity index (χ4n) is 2.92. The van der Waals surface area contributed by atoms with Crippen LogP contribution < -0.4 is 0 Å². The van der Waals surface area contributed by atoms with Gasteiger partial charge in [-0.05, 0) is 32.1 Å². The van der Waals surface area contributed by atoms with Gasteiger partial charge >= 0.3 is 11.9 Å². The van der Waals surface area contributed by atoms with Gasteiger partial charge in [-0.25, -0.2) is 4.79 Å². The van der Waals surface area contributed by atoms with E-state index in [-0.39, 0.29) is 25.5 Å². The highest BCUT2D eigenvalue weighted by Crippen LogP contribution is 2.26. The molecule has 0 spiro atoms. The van der Waals surface area contributed by atoms with Gasteiger partial charge in [0.05, 0.1) is 0 Å². The zero-order valence-corrected chi connectivity index (χ0v) is 17.1. The predicted octanol–water partition coefficient (Wildman–Crippen LogP) is 3.27. The summed E-state index contributed by atoms with van der Waals surface area (Å²) in [6, 6.07) is 19.1. The number of ether oxygens (including phenoxy) is 2. The van der Waals surface area contributed by atoms with Gasteiger partial charge in [0, 0.05) is 25.8 Å². The maximum atomic E-state index is 13.2. The molecule has 2 rings (SSSR count). The molecule has 5 heteroatoms. The fraction of sp³-hybridized carbons (Fsp3) is 0.391. The summed E-state index contributed by atoms with van der Waals surface area (Å²) in [5.41, 5.74) is 0.384. The lowest BCUT2D eigenvalue weighted by Gasteiger charge is -2.32. The van der Waals surface area contributed by atoms with Crippen LogP contribution in [0.15, 0.2) is 60.7 Å². The Morgan fingerprint density at radius 3 is 1.79 bits per heavy atom. The van der Waals surface area contributed by atoms with E-state index in [0.29, 0.717) is 0 Å². The molecule has 0 aliphatic rings. The van der Waals surface area contributed by atoms with E-state index in [0.717, 1.165) is 11.1 Å². The second-order valence-electron chi connectivity index (χ2n) is 7.32. The van der Waals surface area contributed by atoms with Crippen LogP contribution in [0.3, 0.4) is 0 Å². The van der Waals surface area contributed by atoms with Crippen molar-refractivity contribution in [3.8, 4) is 0 Å².